The van der Waals surface area contributed by atoms with E-state index in [1.54, 1.807) is 7.11 Å². The molecule has 1 aromatic carbocycles. The average Bonchev–Trinajstić information content (AvgIpc) is 2.97. The fourth-order valence-corrected chi connectivity index (χ4v) is 4.41. The highest BCUT2D eigenvalue weighted by Gasteiger charge is 2.31. The molecule has 0 saturated heterocycles. The monoisotopic (exact) mass is 343 g/mol. The van der Waals surface area contributed by atoms with Gasteiger partial charge in [-0.25, -0.2) is 4.39 Å². The third-order valence-corrected chi connectivity index (χ3v) is 5.56. The molecule has 25 heavy (non-hydrogen) atoms. The van der Waals surface area contributed by atoms with Gasteiger partial charge in [-0.3, -0.25) is 0 Å². The van der Waals surface area contributed by atoms with Crippen molar-refractivity contribution in [3.63, 3.8) is 0 Å². The second-order valence-corrected chi connectivity index (χ2v) is 6.66. The van der Waals surface area contributed by atoms with Crippen molar-refractivity contribution in [3.05, 3.63) is 41.7 Å². The van der Waals surface area contributed by atoms with Crippen LogP contribution in [0.5, 0.6) is 5.75 Å². The number of ether oxygens (including phenoxy) is 1. The highest BCUT2D eigenvalue weighted by molar-refractivity contribution is 5.92. The van der Waals surface area contributed by atoms with Gasteiger partial charge in [0.2, 0.25) is 0 Å². The van der Waals surface area contributed by atoms with Crippen molar-refractivity contribution in [1.82, 2.24) is 9.47 Å². The van der Waals surface area contributed by atoms with Gasteiger partial charge in [-0.05, 0) is 50.8 Å². The number of alkyl halides is 1. The number of aromatic nitrogens is 1. The summed E-state index contributed by atoms with van der Waals surface area (Å²) in [4.78, 5) is 2.34. The molecule has 2 aromatic rings. The first kappa shape index (κ1) is 17.8. The lowest BCUT2D eigenvalue weighted by atomic mass is 9.82. The zero-order chi connectivity index (χ0) is 18.0. The first-order valence-electron chi connectivity index (χ1n) is 9.35. The number of halogens is 1. The quantitative estimate of drug-likeness (QED) is 0.712. The predicted octanol–water partition coefficient (Wildman–Crippen LogP) is 4.89. The number of rotatable bonds is 7. The molecule has 0 bridgehead atoms. The summed E-state index contributed by atoms with van der Waals surface area (Å²) in [5.74, 6) is 1.16. The van der Waals surface area contributed by atoms with Crippen molar-refractivity contribution < 1.29 is 9.13 Å². The van der Waals surface area contributed by atoms with E-state index in [1.807, 2.05) is 12.1 Å². The van der Waals surface area contributed by atoms with Crippen molar-refractivity contribution in [2.24, 2.45) is 0 Å². The van der Waals surface area contributed by atoms with E-state index in [0.29, 0.717) is 6.54 Å². The van der Waals surface area contributed by atoms with Crippen LogP contribution in [-0.2, 0) is 13.0 Å². The van der Waals surface area contributed by atoms with Crippen LogP contribution in [0.4, 0.5) is 4.39 Å². The SMILES string of the molecule is C=C([C@H]1CCCc2c1c1c(OC)cccc1n2CC[18F])N(CC)CC. The second kappa shape index (κ2) is 7.51. The smallest absolute Gasteiger partial charge is 0.128 e. The van der Waals surface area contributed by atoms with E-state index in [-0.39, 0.29) is 12.6 Å². The van der Waals surface area contributed by atoms with Crippen LogP contribution >= 0.6 is 0 Å². The molecule has 1 atom stereocenters. The van der Waals surface area contributed by atoms with E-state index in [2.05, 4.69) is 36.0 Å². The minimum atomic E-state index is -0.352. The van der Waals surface area contributed by atoms with E-state index in [9.17, 15) is 4.39 Å². The number of aryl methyl sites for hydroxylation is 1. The summed E-state index contributed by atoms with van der Waals surface area (Å²) in [6.45, 7) is 10.8. The van der Waals surface area contributed by atoms with Gasteiger partial charge in [0.05, 0.1) is 19.2 Å². The zero-order valence-electron chi connectivity index (χ0n) is 15.6. The van der Waals surface area contributed by atoms with Gasteiger partial charge in [0.1, 0.15) is 12.4 Å². The highest BCUT2D eigenvalue weighted by atomic mass is 18.2. The number of likely N-dealkylation sites (N-methyl/N-ethyl adjacent to an activating group) is 1. The molecule has 4 heteroatoms. The van der Waals surface area contributed by atoms with Crippen LogP contribution in [0.15, 0.2) is 30.5 Å². The van der Waals surface area contributed by atoms with Crippen molar-refractivity contribution in [2.45, 2.75) is 45.6 Å². The van der Waals surface area contributed by atoms with E-state index in [4.69, 9.17) is 4.74 Å². The van der Waals surface area contributed by atoms with E-state index >= 15 is 0 Å². The Morgan fingerprint density at radius 1 is 1.36 bits per heavy atom. The number of nitrogens with zero attached hydrogens (tertiary/aromatic N) is 2. The second-order valence-electron chi connectivity index (χ2n) is 6.66. The number of hydrogen-bond acceptors (Lipinski definition) is 2. The maximum absolute atomic E-state index is 13.3. The Morgan fingerprint density at radius 2 is 2.12 bits per heavy atom. The molecule has 1 heterocycles. The van der Waals surface area contributed by atoms with Gasteiger partial charge in [-0.2, -0.15) is 0 Å². The molecule has 0 amide bonds. The van der Waals surface area contributed by atoms with Crippen LogP contribution in [0, 0.1) is 0 Å². The largest absolute Gasteiger partial charge is 0.496 e. The first-order chi connectivity index (χ1) is 12.2. The summed E-state index contributed by atoms with van der Waals surface area (Å²) in [5, 5.41) is 1.14. The van der Waals surface area contributed by atoms with E-state index < -0.39 is 0 Å². The van der Waals surface area contributed by atoms with Gasteiger partial charge >= 0.3 is 0 Å². The van der Waals surface area contributed by atoms with Gasteiger partial charge in [0, 0.05) is 35.8 Å². The third kappa shape index (κ3) is 2.92. The van der Waals surface area contributed by atoms with Gasteiger partial charge in [0.25, 0.3) is 0 Å². The number of methoxy groups -OCH3 is 1. The molecule has 0 unspecified atom stereocenters. The molecule has 0 aliphatic heterocycles. The Bertz CT molecular complexity index is 761. The summed E-state index contributed by atoms with van der Waals surface area (Å²) in [5.41, 5.74) is 4.84. The molecule has 1 aliphatic rings. The number of hydrogen-bond donors (Lipinski definition) is 0. The molecule has 3 rings (SSSR count). The van der Waals surface area contributed by atoms with Crippen molar-refractivity contribution >= 4 is 10.9 Å². The van der Waals surface area contributed by atoms with Crippen LogP contribution in [0.1, 0.15) is 43.9 Å². The van der Waals surface area contributed by atoms with Crippen LogP contribution in [0.3, 0.4) is 0 Å². The molecular weight excluding hydrogens is 314 g/mol. The van der Waals surface area contributed by atoms with Crippen LogP contribution < -0.4 is 4.74 Å². The molecular formula is C21H29FN2O. The van der Waals surface area contributed by atoms with Crippen LogP contribution in [-0.4, -0.2) is 36.3 Å². The molecule has 1 aliphatic carbocycles. The summed E-state index contributed by atoms with van der Waals surface area (Å²) in [6.07, 6.45) is 3.20. The standard InChI is InChI=1S/C21H29FN2O/c1-5-23(6-2)15(3)16-9-7-10-17-20(16)21-18(24(17)14-13-22)11-8-12-19(21)25-4/h8,11-12,16H,3,5-7,9-10,13-14H2,1-2,4H3/t16-/m1/s1/i22-1. The third-order valence-electron chi connectivity index (χ3n) is 5.56. The molecule has 0 fully saturated rings. The van der Waals surface area contributed by atoms with E-state index in [0.717, 1.165) is 49.0 Å². The molecule has 0 radical (unpaired) electrons. The Kier molecular flexibility index (Phi) is 5.36. The van der Waals surface area contributed by atoms with E-state index in [1.165, 1.54) is 17.0 Å². The fraction of sp³-hybridized carbons (Fsp3) is 0.524. The lowest BCUT2D eigenvalue weighted by Crippen LogP contribution is -2.27. The minimum absolute atomic E-state index is 0.281. The number of fused-ring (bicyclic) bond motifs is 3. The molecule has 0 N–H and O–H groups in total. The Labute approximate surface area is 150 Å². The fourth-order valence-electron chi connectivity index (χ4n) is 4.41. The summed E-state index contributed by atoms with van der Waals surface area (Å²) < 4.78 is 21.1. The Morgan fingerprint density at radius 3 is 2.76 bits per heavy atom. The van der Waals surface area contributed by atoms with Gasteiger partial charge in [-0.1, -0.05) is 12.6 Å². The lowest BCUT2D eigenvalue weighted by molar-refractivity contribution is 0.344. The van der Waals surface area contributed by atoms with Crippen molar-refractivity contribution in [1.29, 1.82) is 0 Å². The summed E-state index contributed by atoms with van der Waals surface area (Å²) >= 11 is 0. The normalized spacial score (nSPS) is 16.7. The van der Waals surface area contributed by atoms with Gasteiger partial charge in [-0.15, -0.1) is 0 Å². The van der Waals surface area contributed by atoms with Crippen LogP contribution in [0.2, 0.25) is 0 Å². The number of allylic oxidation sites excluding steroid dienone is 1. The maximum atomic E-state index is 13.3. The van der Waals surface area contributed by atoms with Crippen LogP contribution in [0.25, 0.3) is 10.9 Å². The first-order valence-corrected chi connectivity index (χ1v) is 9.35. The Balaban J connectivity index is 2.23. The van der Waals surface area contributed by atoms with Crippen molar-refractivity contribution in [3.8, 4) is 5.75 Å². The molecule has 136 valence electrons. The topological polar surface area (TPSA) is 17.4 Å². The van der Waals surface area contributed by atoms with Gasteiger partial charge in [0.15, 0.2) is 0 Å². The lowest BCUT2D eigenvalue weighted by Gasteiger charge is -2.33. The van der Waals surface area contributed by atoms with Gasteiger partial charge < -0.3 is 14.2 Å². The molecule has 1 aromatic heterocycles. The molecule has 3 nitrogen and oxygen atoms in total. The predicted molar refractivity (Wildman–Crippen MR) is 102 cm³/mol. The average molecular weight is 343 g/mol. The van der Waals surface area contributed by atoms with Crippen molar-refractivity contribution in [2.75, 3.05) is 26.9 Å². The summed E-state index contributed by atoms with van der Waals surface area (Å²) in [7, 11) is 1.71. The number of benzene rings is 1. The minimum Gasteiger partial charge on any atom is -0.496 e. The molecule has 0 spiro atoms. The highest BCUT2D eigenvalue weighted by Crippen LogP contribution is 2.45. The summed E-state index contributed by atoms with van der Waals surface area (Å²) in [6, 6.07) is 6.09. The zero-order valence-corrected chi connectivity index (χ0v) is 15.6. The Hall–Kier alpha value is -1.97. The maximum Gasteiger partial charge on any atom is 0.128 e. The molecule has 0 saturated carbocycles.